The fourth-order valence-corrected chi connectivity index (χ4v) is 2.20. The second kappa shape index (κ2) is 5.94. The van der Waals surface area contributed by atoms with Crippen LogP contribution in [0.2, 0.25) is 0 Å². The van der Waals surface area contributed by atoms with Crippen LogP contribution in [0.1, 0.15) is 59.3 Å². The molecule has 86 valence electrons. The van der Waals surface area contributed by atoms with Gasteiger partial charge in [0, 0.05) is 13.3 Å². The Kier molecular flexibility index (Phi) is 4.86. The number of hydrogen-bond acceptors (Lipinski definition) is 2. The Hall–Kier alpha value is -0.790. The first kappa shape index (κ1) is 12.3. The smallest absolute Gasteiger partial charge is 0.307 e. The van der Waals surface area contributed by atoms with Crippen LogP contribution in [0.4, 0.5) is 0 Å². The van der Waals surface area contributed by atoms with Crippen molar-refractivity contribution in [3.05, 3.63) is 11.3 Å². The Morgan fingerprint density at radius 3 is 2.80 bits per heavy atom. The van der Waals surface area contributed by atoms with Gasteiger partial charge in [-0.15, -0.1) is 0 Å². The normalized spacial score (nSPS) is 20.9. The summed E-state index contributed by atoms with van der Waals surface area (Å²) in [6.45, 7) is 5.93. The third-order valence-corrected chi connectivity index (χ3v) is 3.07. The van der Waals surface area contributed by atoms with Crippen molar-refractivity contribution in [1.82, 2.24) is 0 Å². The maximum absolute atomic E-state index is 10.9. The molecule has 0 N–H and O–H groups in total. The van der Waals surface area contributed by atoms with E-state index in [4.69, 9.17) is 4.74 Å². The Bertz CT molecular complexity index is 253. The van der Waals surface area contributed by atoms with Crippen molar-refractivity contribution in [1.29, 1.82) is 0 Å². The lowest BCUT2D eigenvalue weighted by Gasteiger charge is -2.10. The van der Waals surface area contributed by atoms with Crippen molar-refractivity contribution in [2.75, 3.05) is 0 Å². The molecule has 1 unspecified atom stereocenters. The molecule has 0 aromatic rings. The fraction of sp³-hybridized carbons (Fsp3) is 0.769. The lowest BCUT2D eigenvalue weighted by molar-refractivity contribution is -0.137. The summed E-state index contributed by atoms with van der Waals surface area (Å²) >= 11 is 0. The molecule has 0 bridgehead atoms. The van der Waals surface area contributed by atoms with Crippen molar-refractivity contribution < 1.29 is 9.53 Å². The third kappa shape index (κ3) is 3.69. The predicted octanol–water partition coefficient (Wildman–Crippen LogP) is 3.81. The third-order valence-electron chi connectivity index (χ3n) is 3.07. The van der Waals surface area contributed by atoms with Crippen LogP contribution in [-0.4, -0.2) is 5.97 Å². The van der Waals surface area contributed by atoms with Gasteiger partial charge in [0.2, 0.25) is 0 Å². The van der Waals surface area contributed by atoms with Crippen molar-refractivity contribution >= 4 is 5.97 Å². The van der Waals surface area contributed by atoms with E-state index in [0.29, 0.717) is 5.92 Å². The molecule has 0 saturated carbocycles. The quantitative estimate of drug-likeness (QED) is 0.509. The average molecular weight is 210 g/mol. The van der Waals surface area contributed by atoms with Gasteiger partial charge in [-0.05, 0) is 30.8 Å². The largest absolute Gasteiger partial charge is 0.431 e. The van der Waals surface area contributed by atoms with E-state index < -0.39 is 0 Å². The van der Waals surface area contributed by atoms with Crippen molar-refractivity contribution in [3.8, 4) is 0 Å². The molecular weight excluding hydrogens is 188 g/mol. The van der Waals surface area contributed by atoms with Gasteiger partial charge in [-0.2, -0.15) is 0 Å². The lowest BCUT2D eigenvalue weighted by Crippen LogP contribution is -2.00. The SMILES string of the molecule is CCCCCC1=C(OC(C)=O)CCC1C. The van der Waals surface area contributed by atoms with Gasteiger partial charge in [0.05, 0.1) is 0 Å². The van der Waals surface area contributed by atoms with Crippen molar-refractivity contribution in [3.63, 3.8) is 0 Å². The molecule has 0 heterocycles. The molecule has 1 aliphatic carbocycles. The standard InChI is InChI=1S/C13H22O2/c1-4-5-6-7-12-10(2)8-9-13(12)15-11(3)14/h10H,4-9H2,1-3H3. The van der Waals surface area contributed by atoms with Crippen LogP contribution in [0.3, 0.4) is 0 Å². The van der Waals surface area contributed by atoms with Crippen LogP contribution in [0.25, 0.3) is 0 Å². The van der Waals surface area contributed by atoms with E-state index in [2.05, 4.69) is 13.8 Å². The van der Waals surface area contributed by atoms with Crippen LogP contribution in [0, 0.1) is 5.92 Å². The molecule has 1 aliphatic rings. The zero-order chi connectivity index (χ0) is 11.3. The fourth-order valence-electron chi connectivity index (χ4n) is 2.20. The number of hydrogen-bond donors (Lipinski definition) is 0. The molecular formula is C13H22O2. The molecule has 1 atom stereocenters. The molecule has 0 saturated heterocycles. The summed E-state index contributed by atoms with van der Waals surface area (Å²) in [6.07, 6.45) is 6.93. The molecule has 15 heavy (non-hydrogen) atoms. The topological polar surface area (TPSA) is 26.3 Å². The number of allylic oxidation sites excluding steroid dienone is 2. The summed E-state index contributed by atoms with van der Waals surface area (Å²) in [5, 5.41) is 0. The van der Waals surface area contributed by atoms with E-state index in [-0.39, 0.29) is 5.97 Å². The Morgan fingerprint density at radius 1 is 1.47 bits per heavy atom. The Balaban J connectivity index is 2.55. The maximum atomic E-state index is 10.9. The lowest BCUT2D eigenvalue weighted by atomic mass is 9.98. The van der Waals surface area contributed by atoms with Crippen molar-refractivity contribution in [2.45, 2.75) is 59.3 Å². The first-order valence-electron chi connectivity index (χ1n) is 6.05. The van der Waals surface area contributed by atoms with Crippen LogP contribution in [-0.2, 0) is 9.53 Å². The number of esters is 1. The number of carbonyl (C=O) groups is 1. The van der Waals surface area contributed by atoms with E-state index in [9.17, 15) is 4.79 Å². The zero-order valence-electron chi connectivity index (χ0n) is 10.1. The molecule has 0 spiro atoms. The summed E-state index contributed by atoms with van der Waals surface area (Å²) < 4.78 is 5.27. The monoisotopic (exact) mass is 210 g/mol. The highest BCUT2D eigenvalue weighted by Gasteiger charge is 2.23. The van der Waals surface area contributed by atoms with E-state index in [0.717, 1.165) is 25.0 Å². The summed E-state index contributed by atoms with van der Waals surface area (Å²) in [7, 11) is 0. The van der Waals surface area contributed by atoms with Crippen LogP contribution < -0.4 is 0 Å². The van der Waals surface area contributed by atoms with Gasteiger partial charge in [0.1, 0.15) is 5.76 Å². The number of carbonyl (C=O) groups excluding carboxylic acids is 1. The molecule has 1 rings (SSSR count). The molecule has 0 aliphatic heterocycles. The van der Waals surface area contributed by atoms with Gasteiger partial charge in [0.15, 0.2) is 0 Å². The van der Waals surface area contributed by atoms with Gasteiger partial charge in [-0.1, -0.05) is 26.7 Å². The summed E-state index contributed by atoms with van der Waals surface area (Å²) in [4.78, 5) is 10.9. The minimum Gasteiger partial charge on any atom is -0.431 e. The average Bonchev–Trinajstić information content (AvgIpc) is 2.49. The molecule has 0 radical (unpaired) electrons. The minimum absolute atomic E-state index is 0.174. The maximum Gasteiger partial charge on any atom is 0.307 e. The highest BCUT2D eigenvalue weighted by molar-refractivity contribution is 5.67. The molecule has 0 aromatic heterocycles. The summed E-state index contributed by atoms with van der Waals surface area (Å²) in [5.41, 5.74) is 1.39. The minimum atomic E-state index is -0.174. The van der Waals surface area contributed by atoms with E-state index in [1.165, 1.54) is 31.8 Å². The summed E-state index contributed by atoms with van der Waals surface area (Å²) in [5.74, 6) is 1.40. The predicted molar refractivity (Wildman–Crippen MR) is 61.3 cm³/mol. The molecule has 0 amide bonds. The first-order valence-corrected chi connectivity index (χ1v) is 6.05. The van der Waals surface area contributed by atoms with Gasteiger partial charge in [-0.3, -0.25) is 4.79 Å². The van der Waals surface area contributed by atoms with Gasteiger partial charge >= 0.3 is 5.97 Å². The number of ether oxygens (including phenoxy) is 1. The number of unbranched alkanes of at least 4 members (excludes halogenated alkanes) is 2. The highest BCUT2D eigenvalue weighted by Crippen LogP contribution is 2.35. The van der Waals surface area contributed by atoms with Gasteiger partial charge < -0.3 is 4.74 Å². The molecule has 0 aromatic carbocycles. The highest BCUT2D eigenvalue weighted by atomic mass is 16.5. The van der Waals surface area contributed by atoms with E-state index >= 15 is 0 Å². The second-order valence-electron chi connectivity index (χ2n) is 4.44. The van der Waals surface area contributed by atoms with E-state index in [1.54, 1.807) is 0 Å². The summed E-state index contributed by atoms with van der Waals surface area (Å²) in [6, 6.07) is 0. The molecule has 2 nitrogen and oxygen atoms in total. The molecule has 2 heteroatoms. The van der Waals surface area contributed by atoms with Crippen LogP contribution in [0.15, 0.2) is 11.3 Å². The van der Waals surface area contributed by atoms with Crippen LogP contribution >= 0.6 is 0 Å². The zero-order valence-corrected chi connectivity index (χ0v) is 10.1. The van der Waals surface area contributed by atoms with Gasteiger partial charge in [-0.25, -0.2) is 0 Å². The first-order chi connectivity index (χ1) is 7.15. The Morgan fingerprint density at radius 2 is 2.20 bits per heavy atom. The second-order valence-corrected chi connectivity index (χ2v) is 4.44. The van der Waals surface area contributed by atoms with Crippen LogP contribution in [0.5, 0.6) is 0 Å². The van der Waals surface area contributed by atoms with Crippen molar-refractivity contribution in [2.24, 2.45) is 5.92 Å². The number of rotatable bonds is 5. The Labute approximate surface area is 92.7 Å². The van der Waals surface area contributed by atoms with Gasteiger partial charge in [0.25, 0.3) is 0 Å². The van der Waals surface area contributed by atoms with E-state index in [1.807, 2.05) is 0 Å². The molecule has 0 fully saturated rings.